The first-order valence-corrected chi connectivity index (χ1v) is 7.64. The minimum Gasteiger partial charge on any atom is -0.392 e. The third-order valence-corrected chi connectivity index (χ3v) is 4.29. The number of nitrogens with one attached hydrogen (secondary N) is 1. The van der Waals surface area contributed by atoms with Crippen LogP contribution in [0.2, 0.25) is 5.02 Å². The van der Waals surface area contributed by atoms with Crippen molar-refractivity contribution in [1.29, 1.82) is 5.26 Å². The number of hydrogen-bond acceptors (Lipinski definition) is 4. The summed E-state index contributed by atoms with van der Waals surface area (Å²) in [5.74, 6) is 0. The zero-order chi connectivity index (χ0) is 14.5. The van der Waals surface area contributed by atoms with E-state index in [0.717, 1.165) is 6.42 Å². The summed E-state index contributed by atoms with van der Waals surface area (Å²) in [5, 5.41) is 18.6. The molecule has 19 heavy (non-hydrogen) atoms. The first-order chi connectivity index (χ1) is 8.92. The van der Waals surface area contributed by atoms with E-state index in [0.29, 0.717) is 6.42 Å². The van der Waals surface area contributed by atoms with Gasteiger partial charge in [-0.05, 0) is 18.6 Å². The molecule has 0 aromatic heterocycles. The van der Waals surface area contributed by atoms with Crippen molar-refractivity contribution in [3.8, 4) is 6.07 Å². The molecule has 0 spiro atoms. The molecule has 1 atom stereocenters. The third-order valence-electron chi connectivity index (χ3n) is 2.51. The van der Waals surface area contributed by atoms with Gasteiger partial charge in [-0.2, -0.15) is 5.26 Å². The number of nitrogens with zero attached hydrogens (tertiary/aromatic N) is 1. The van der Waals surface area contributed by atoms with Gasteiger partial charge in [0, 0.05) is 6.54 Å². The highest BCUT2D eigenvalue weighted by Crippen LogP contribution is 2.22. The topological polar surface area (TPSA) is 90.2 Å². The van der Waals surface area contributed by atoms with Gasteiger partial charge in [-0.15, -0.1) is 0 Å². The van der Waals surface area contributed by atoms with E-state index in [1.807, 2.05) is 6.92 Å². The monoisotopic (exact) mass is 302 g/mol. The Morgan fingerprint density at radius 1 is 1.53 bits per heavy atom. The summed E-state index contributed by atoms with van der Waals surface area (Å²) in [4.78, 5) is -0.175. The van der Waals surface area contributed by atoms with Crippen LogP contribution in [0.1, 0.15) is 25.3 Å². The lowest BCUT2D eigenvalue weighted by Crippen LogP contribution is -2.32. The van der Waals surface area contributed by atoms with Crippen molar-refractivity contribution in [1.82, 2.24) is 4.72 Å². The summed E-state index contributed by atoms with van der Waals surface area (Å²) >= 11 is 5.78. The number of rotatable bonds is 6. The van der Waals surface area contributed by atoms with Crippen LogP contribution in [0, 0.1) is 11.3 Å². The molecule has 7 heteroatoms. The molecule has 0 bridgehead atoms. The standard InChI is InChI=1S/C12H15ClN2O3S/c1-2-4-9(16)8-15-19(17,18)12-6-3-5-11(13)10(12)7-14/h3,5-6,9,15-16H,2,4,8H2,1H3. The van der Waals surface area contributed by atoms with Crippen LogP contribution in [0.5, 0.6) is 0 Å². The van der Waals surface area contributed by atoms with Crippen molar-refractivity contribution < 1.29 is 13.5 Å². The highest BCUT2D eigenvalue weighted by atomic mass is 35.5. The molecule has 0 saturated carbocycles. The maximum atomic E-state index is 12.0. The van der Waals surface area contributed by atoms with Crippen molar-refractivity contribution >= 4 is 21.6 Å². The Hall–Kier alpha value is -1.13. The number of aliphatic hydroxyl groups excluding tert-OH is 1. The maximum Gasteiger partial charge on any atom is 0.242 e. The molecular weight excluding hydrogens is 288 g/mol. The van der Waals surface area contributed by atoms with Crippen molar-refractivity contribution in [2.75, 3.05) is 6.54 Å². The van der Waals surface area contributed by atoms with Crippen LogP contribution in [-0.4, -0.2) is 26.2 Å². The summed E-state index contributed by atoms with van der Waals surface area (Å²) in [6, 6.07) is 5.98. The Morgan fingerprint density at radius 2 is 2.21 bits per heavy atom. The van der Waals surface area contributed by atoms with Gasteiger partial charge in [0.2, 0.25) is 10.0 Å². The lowest BCUT2D eigenvalue weighted by Gasteiger charge is -2.12. The van der Waals surface area contributed by atoms with Gasteiger partial charge >= 0.3 is 0 Å². The fourth-order valence-corrected chi connectivity index (χ4v) is 3.08. The molecule has 1 unspecified atom stereocenters. The average molecular weight is 303 g/mol. The molecule has 0 aliphatic heterocycles. The summed E-state index contributed by atoms with van der Waals surface area (Å²) in [7, 11) is -3.86. The molecule has 1 rings (SSSR count). The SMILES string of the molecule is CCCC(O)CNS(=O)(=O)c1cccc(Cl)c1C#N. The third kappa shape index (κ3) is 4.18. The maximum absolute atomic E-state index is 12.0. The van der Waals surface area contributed by atoms with E-state index in [-0.39, 0.29) is 22.0 Å². The number of benzene rings is 1. The second-order valence-corrected chi connectivity index (χ2v) is 6.16. The van der Waals surface area contributed by atoms with E-state index in [9.17, 15) is 13.5 Å². The number of aliphatic hydroxyl groups is 1. The van der Waals surface area contributed by atoms with E-state index in [2.05, 4.69) is 4.72 Å². The normalized spacial score (nSPS) is 12.9. The predicted molar refractivity (Wildman–Crippen MR) is 72.3 cm³/mol. The predicted octanol–water partition coefficient (Wildman–Crippen LogP) is 1.65. The molecule has 0 amide bonds. The minimum atomic E-state index is -3.86. The Kier molecular flexibility index (Phi) is 5.76. The van der Waals surface area contributed by atoms with E-state index < -0.39 is 16.1 Å². The van der Waals surface area contributed by atoms with E-state index in [1.54, 1.807) is 6.07 Å². The van der Waals surface area contributed by atoms with Crippen LogP contribution in [0.3, 0.4) is 0 Å². The van der Waals surface area contributed by atoms with Crippen LogP contribution in [0.15, 0.2) is 23.1 Å². The highest BCUT2D eigenvalue weighted by molar-refractivity contribution is 7.89. The number of sulfonamides is 1. The van der Waals surface area contributed by atoms with Crippen LogP contribution in [0.4, 0.5) is 0 Å². The minimum absolute atomic E-state index is 0.0829. The van der Waals surface area contributed by atoms with E-state index in [1.165, 1.54) is 18.2 Å². The Morgan fingerprint density at radius 3 is 2.79 bits per heavy atom. The molecule has 104 valence electrons. The molecule has 5 nitrogen and oxygen atoms in total. The number of hydrogen-bond donors (Lipinski definition) is 2. The summed E-state index contributed by atoms with van der Waals surface area (Å²) in [6.45, 7) is 1.80. The fraction of sp³-hybridized carbons (Fsp3) is 0.417. The van der Waals surface area contributed by atoms with Gasteiger partial charge in [0.25, 0.3) is 0 Å². The lowest BCUT2D eigenvalue weighted by atomic mass is 10.2. The Balaban J connectivity index is 2.96. The van der Waals surface area contributed by atoms with Crippen molar-refractivity contribution in [2.24, 2.45) is 0 Å². The van der Waals surface area contributed by atoms with Crippen molar-refractivity contribution in [3.05, 3.63) is 28.8 Å². The zero-order valence-electron chi connectivity index (χ0n) is 10.4. The smallest absolute Gasteiger partial charge is 0.242 e. The molecule has 0 radical (unpaired) electrons. The van der Waals surface area contributed by atoms with Gasteiger partial charge < -0.3 is 5.11 Å². The first-order valence-electron chi connectivity index (χ1n) is 5.78. The van der Waals surface area contributed by atoms with Gasteiger partial charge in [0.05, 0.1) is 16.7 Å². The van der Waals surface area contributed by atoms with Gasteiger partial charge in [-0.3, -0.25) is 0 Å². The van der Waals surface area contributed by atoms with Crippen LogP contribution in [-0.2, 0) is 10.0 Å². The van der Waals surface area contributed by atoms with Crippen LogP contribution >= 0.6 is 11.6 Å². The second kappa shape index (κ2) is 6.87. The van der Waals surface area contributed by atoms with Gasteiger partial charge in [0.1, 0.15) is 11.0 Å². The molecular formula is C12H15ClN2O3S. The molecule has 0 fully saturated rings. The van der Waals surface area contributed by atoms with Crippen LogP contribution in [0.25, 0.3) is 0 Å². The molecule has 1 aromatic carbocycles. The first kappa shape index (κ1) is 15.9. The molecule has 0 aliphatic carbocycles. The number of nitriles is 1. The van der Waals surface area contributed by atoms with Crippen molar-refractivity contribution in [2.45, 2.75) is 30.8 Å². The van der Waals surface area contributed by atoms with Crippen molar-refractivity contribution in [3.63, 3.8) is 0 Å². The lowest BCUT2D eigenvalue weighted by molar-refractivity contribution is 0.167. The quantitative estimate of drug-likeness (QED) is 0.836. The molecule has 0 saturated heterocycles. The van der Waals surface area contributed by atoms with E-state index in [4.69, 9.17) is 16.9 Å². The summed E-state index contributed by atoms with van der Waals surface area (Å²) in [6.07, 6.45) is 0.511. The summed E-state index contributed by atoms with van der Waals surface area (Å²) < 4.78 is 26.4. The average Bonchev–Trinajstić information content (AvgIpc) is 2.36. The van der Waals surface area contributed by atoms with Gasteiger partial charge in [0.15, 0.2) is 0 Å². The van der Waals surface area contributed by atoms with Gasteiger partial charge in [-0.25, -0.2) is 13.1 Å². The molecule has 2 N–H and O–H groups in total. The zero-order valence-corrected chi connectivity index (χ0v) is 12.0. The molecule has 0 heterocycles. The second-order valence-electron chi connectivity index (χ2n) is 4.02. The highest BCUT2D eigenvalue weighted by Gasteiger charge is 2.21. The Bertz CT molecular complexity index is 581. The molecule has 1 aromatic rings. The Labute approximate surface area is 117 Å². The largest absolute Gasteiger partial charge is 0.392 e. The molecule has 0 aliphatic rings. The van der Waals surface area contributed by atoms with Gasteiger partial charge in [-0.1, -0.05) is 31.0 Å². The summed E-state index contributed by atoms with van der Waals surface area (Å²) in [5.41, 5.74) is -0.0957. The van der Waals surface area contributed by atoms with E-state index >= 15 is 0 Å². The van der Waals surface area contributed by atoms with Crippen LogP contribution < -0.4 is 4.72 Å². The number of halogens is 1. The fourth-order valence-electron chi connectivity index (χ4n) is 1.56.